The SMILES string of the molecule is CCCCCCNC(=O)CC[C@H](NC(=O)c1ccc(NCc2cnc3nc(N)[nH]c(=O)c3n2)cc1)C(=O)O. The van der Waals surface area contributed by atoms with Crippen molar-refractivity contribution in [1.82, 2.24) is 30.6 Å². The van der Waals surface area contributed by atoms with Crippen LogP contribution in [0.5, 0.6) is 0 Å². The monoisotopic (exact) mass is 524 g/mol. The van der Waals surface area contributed by atoms with E-state index in [4.69, 9.17) is 5.73 Å². The van der Waals surface area contributed by atoms with Gasteiger partial charge < -0.3 is 26.8 Å². The number of benzene rings is 1. The number of aliphatic carboxylic acids is 1. The number of unbranched alkanes of at least 4 members (excludes halogenated alkanes) is 3. The Morgan fingerprint density at radius 3 is 2.58 bits per heavy atom. The first-order valence-corrected chi connectivity index (χ1v) is 12.4. The minimum absolute atomic E-state index is 0.000856. The van der Waals surface area contributed by atoms with Gasteiger partial charge in [0.05, 0.1) is 18.4 Å². The summed E-state index contributed by atoms with van der Waals surface area (Å²) in [6.45, 7) is 2.91. The number of nitrogens with zero attached hydrogens (tertiary/aromatic N) is 3. The first kappa shape index (κ1) is 28.0. The largest absolute Gasteiger partial charge is 0.480 e. The number of carbonyl (C=O) groups is 3. The highest BCUT2D eigenvalue weighted by Gasteiger charge is 2.21. The molecule has 0 fully saturated rings. The molecule has 3 rings (SSSR count). The van der Waals surface area contributed by atoms with E-state index < -0.39 is 23.5 Å². The number of carbonyl (C=O) groups excluding carboxylic acids is 2. The Hall–Kier alpha value is -4.55. The lowest BCUT2D eigenvalue weighted by molar-refractivity contribution is -0.139. The van der Waals surface area contributed by atoms with Gasteiger partial charge in [0.1, 0.15) is 6.04 Å². The van der Waals surface area contributed by atoms with Gasteiger partial charge >= 0.3 is 5.97 Å². The van der Waals surface area contributed by atoms with Crippen molar-refractivity contribution >= 4 is 40.6 Å². The maximum Gasteiger partial charge on any atom is 0.326 e. The first-order valence-electron chi connectivity index (χ1n) is 12.4. The Bertz CT molecular complexity index is 1330. The molecule has 0 aliphatic heterocycles. The molecule has 0 saturated heterocycles. The summed E-state index contributed by atoms with van der Waals surface area (Å²) in [6, 6.07) is 5.21. The van der Waals surface area contributed by atoms with Gasteiger partial charge in [0, 0.05) is 24.2 Å². The molecule has 13 nitrogen and oxygen atoms in total. The van der Waals surface area contributed by atoms with Crippen LogP contribution in [0, 0.1) is 0 Å². The second-order valence-electron chi connectivity index (χ2n) is 8.73. The smallest absolute Gasteiger partial charge is 0.326 e. The average molecular weight is 525 g/mol. The van der Waals surface area contributed by atoms with Crippen molar-refractivity contribution in [3.63, 3.8) is 0 Å². The molecule has 0 saturated carbocycles. The van der Waals surface area contributed by atoms with Gasteiger partial charge in [0.2, 0.25) is 11.9 Å². The number of nitrogens with two attached hydrogens (primary N) is 1. The number of carboxylic acid groups (broad SMARTS) is 1. The van der Waals surface area contributed by atoms with Crippen LogP contribution in [0.4, 0.5) is 11.6 Å². The second-order valence-corrected chi connectivity index (χ2v) is 8.73. The van der Waals surface area contributed by atoms with Crippen LogP contribution in [0.2, 0.25) is 0 Å². The summed E-state index contributed by atoms with van der Waals surface area (Å²) in [7, 11) is 0. The van der Waals surface area contributed by atoms with E-state index >= 15 is 0 Å². The number of amides is 2. The zero-order valence-electron chi connectivity index (χ0n) is 21.1. The molecule has 2 aromatic heterocycles. The number of nitrogen functional groups attached to an aromatic ring is 1. The normalized spacial score (nSPS) is 11.6. The number of H-pyrrole nitrogens is 1. The van der Waals surface area contributed by atoms with Crippen LogP contribution in [0.3, 0.4) is 0 Å². The molecule has 13 heteroatoms. The summed E-state index contributed by atoms with van der Waals surface area (Å²) in [5.41, 5.74) is 6.66. The van der Waals surface area contributed by atoms with E-state index in [1.165, 1.54) is 6.20 Å². The highest BCUT2D eigenvalue weighted by molar-refractivity contribution is 5.97. The van der Waals surface area contributed by atoms with Gasteiger partial charge in [-0.25, -0.2) is 14.8 Å². The summed E-state index contributed by atoms with van der Waals surface area (Å²) in [4.78, 5) is 62.8. The molecule has 0 bridgehead atoms. The summed E-state index contributed by atoms with van der Waals surface area (Å²) >= 11 is 0. The highest BCUT2D eigenvalue weighted by Crippen LogP contribution is 2.12. The van der Waals surface area contributed by atoms with Gasteiger partial charge in [-0.3, -0.25) is 19.4 Å². The number of aromatic amines is 1. The molecule has 38 heavy (non-hydrogen) atoms. The van der Waals surface area contributed by atoms with Gasteiger partial charge in [0.15, 0.2) is 11.2 Å². The maximum atomic E-state index is 12.6. The topological polar surface area (TPSA) is 205 Å². The number of anilines is 2. The molecule has 3 aromatic rings. The molecule has 0 spiro atoms. The lowest BCUT2D eigenvalue weighted by Gasteiger charge is -2.15. The Morgan fingerprint density at radius 1 is 1.11 bits per heavy atom. The molecule has 2 amide bonds. The maximum absolute atomic E-state index is 12.6. The van der Waals surface area contributed by atoms with Crippen molar-refractivity contribution in [2.24, 2.45) is 0 Å². The van der Waals surface area contributed by atoms with Gasteiger partial charge in [-0.05, 0) is 37.1 Å². The number of rotatable bonds is 14. The van der Waals surface area contributed by atoms with Crippen LogP contribution in [-0.2, 0) is 16.1 Å². The summed E-state index contributed by atoms with van der Waals surface area (Å²) < 4.78 is 0. The van der Waals surface area contributed by atoms with Crippen LogP contribution < -0.4 is 27.2 Å². The van der Waals surface area contributed by atoms with Crippen LogP contribution in [-0.4, -0.2) is 55.4 Å². The number of carboxylic acids is 1. The van der Waals surface area contributed by atoms with Gasteiger partial charge in [0.25, 0.3) is 11.5 Å². The predicted octanol–water partition coefficient (Wildman–Crippen LogP) is 1.57. The van der Waals surface area contributed by atoms with Crippen LogP contribution >= 0.6 is 0 Å². The minimum Gasteiger partial charge on any atom is -0.480 e. The number of aromatic nitrogens is 4. The second kappa shape index (κ2) is 13.7. The lowest BCUT2D eigenvalue weighted by Crippen LogP contribution is -2.41. The van der Waals surface area contributed by atoms with Crippen molar-refractivity contribution in [3.8, 4) is 0 Å². The molecule has 0 aliphatic rings. The van der Waals surface area contributed by atoms with E-state index in [1.807, 2.05) is 0 Å². The third-order valence-electron chi connectivity index (χ3n) is 5.72. The van der Waals surface area contributed by atoms with E-state index in [0.29, 0.717) is 17.9 Å². The van der Waals surface area contributed by atoms with Gasteiger partial charge in [-0.1, -0.05) is 26.2 Å². The Balaban J connectivity index is 1.50. The fourth-order valence-electron chi connectivity index (χ4n) is 3.63. The fourth-order valence-corrected chi connectivity index (χ4v) is 3.63. The number of hydrogen-bond donors (Lipinski definition) is 6. The molecule has 0 unspecified atom stereocenters. The number of fused-ring (bicyclic) bond motifs is 1. The third-order valence-corrected chi connectivity index (χ3v) is 5.72. The zero-order valence-corrected chi connectivity index (χ0v) is 21.1. The third kappa shape index (κ3) is 8.25. The Labute approximate surface area is 218 Å². The fraction of sp³-hybridized carbons (Fsp3) is 0.400. The van der Waals surface area contributed by atoms with Crippen molar-refractivity contribution < 1.29 is 19.5 Å². The zero-order chi connectivity index (χ0) is 27.5. The van der Waals surface area contributed by atoms with Crippen molar-refractivity contribution in [2.75, 3.05) is 17.6 Å². The van der Waals surface area contributed by atoms with E-state index in [2.05, 4.69) is 42.8 Å². The molecule has 1 atom stereocenters. The molecule has 1 aromatic carbocycles. The first-order chi connectivity index (χ1) is 18.3. The molecule has 0 aliphatic carbocycles. The van der Waals surface area contributed by atoms with E-state index in [9.17, 15) is 24.3 Å². The number of nitrogens with one attached hydrogen (secondary N) is 4. The molecule has 202 valence electrons. The van der Waals surface area contributed by atoms with Crippen molar-refractivity contribution in [2.45, 2.75) is 58.0 Å². The predicted molar refractivity (Wildman–Crippen MR) is 141 cm³/mol. The Kier molecular flexibility index (Phi) is 10.1. The molecular formula is C25H32N8O5. The summed E-state index contributed by atoms with van der Waals surface area (Å²) in [5.74, 6) is -2.05. The van der Waals surface area contributed by atoms with E-state index in [-0.39, 0.29) is 48.0 Å². The van der Waals surface area contributed by atoms with Crippen molar-refractivity contribution in [1.29, 1.82) is 0 Å². The molecule has 2 heterocycles. The van der Waals surface area contributed by atoms with E-state index in [0.717, 1.165) is 25.7 Å². The quantitative estimate of drug-likeness (QED) is 0.168. The standard InChI is InChI=1S/C25H32N8O5/c1-2-3-4-5-12-27-19(34)11-10-18(24(37)38)31-22(35)15-6-8-16(9-7-15)28-13-17-14-29-21-20(30-17)23(36)33-25(26)32-21/h6-9,14,18,28H,2-5,10-13H2,1H3,(H,27,34)(H,31,35)(H,37,38)(H3,26,29,32,33,36)/t18-/m0/s1. The van der Waals surface area contributed by atoms with Gasteiger partial charge in [-0.15, -0.1) is 0 Å². The van der Waals surface area contributed by atoms with Gasteiger partial charge in [-0.2, -0.15) is 4.98 Å². The van der Waals surface area contributed by atoms with Crippen LogP contribution in [0.15, 0.2) is 35.3 Å². The summed E-state index contributed by atoms with van der Waals surface area (Å²) in [5, 5.41) is 17.8. The lowest BCUT2D eigenvalue weighted by atomic mass is 10.1. The minimum atomic E-state index is -1.21. The highest BCUT2D eigenvalue weighted by atomic mass is 16.4. The Morgan fingerprint density at radius 2 is 1.87 bits per heavy atom. The summed E-state index contributed by atoms with van der Waals surface area (Å²) in [6.07, 6.45) is 5.58. The average Bonchev–Trinajstić information content (AvgIpc) is 2.89. The molecule has 7 N–H and O–H groups in total. The molecule has 0 radical (unpaired) electrons. The van der Waals surface area contributed by atoms with Crippen molar-refractivity contribution in [3.05, 3.63) is 52.1 Å². The van der Waals surface area contributed by atoms with Crippen LogP contribution in [0.1, 0.15) is 61.5 Å². The van der Waals surface area contributed by atoms with E-state index in [1.54, 1.807) is 24.3 Å². The molecular weight excluding hydrogens is 492 g/mol. The number of hydrogen-bond acceptors (Lipinski definition) is 9. The van der Waals surface area contributed by atoms with Crippen LogP contribution in [0.25, 0.3) is 11.2 Å².